The van der Waals surface area contributed by atoms with E-state index >= 15 is 0 Å². The van der Waals surface area contributed by atoms with Crippen LogP contribution in [0.25, 0.3) is 0 Å². The monoisotopic (exact) mass is 341 g/mol. The number of nitrogens with zero attached hydrogens (tertiary/aromatic N) is 1. The number of ketones is 1. The standard InChI is InChI=1S/C17H27NO6/c1-4-5-6-7-8-9-12-18-15(24-17(22)13(2)19)10-11-16(21)23-14(3)20/h4-12H2,1-3H3. The van der Waals surface area contributed by atoms with E-state index < -0.39 is 23.7 Å². The Balaban J connectivity index is 4.38. The third-order valence-corrected chi connectivity index (χ3v) is 3.10. The maximum absolute atomic E-state index is 11.4. The van der Waals surface area contributed by atoms with Crippen LogP contribution in [0.3, 0.4) is 0 Å². The Morgan fingerprint density at radius 3 is 2.04 bits per heavy atom. The van der Waals surface area contributed by atoms with Crippen LogP contribution in [-0.4, -0.2) is 36.1 Å². The molecule has 0 aliphatic rings. The molecule has 136 valence electrons. The molecule has 0 unspecified atom stereocenters. The van der Waals surface area contributed by atoms with Gasteiger partial charge < -0.3 is 9.47 Å². The van der Waals surface area contributed by atoms with Crippen molar-refractivity contribution in [2.45, 2.75) is 72.1 Å². The molecule has 0 aromatic heterocycles. The third-order valence-electron chi connectivity index (χ3n) is 3.10. The van der Waals surface area contributed by atoms with E-state index in [4.69, 9.17) is 4.74 Å². The summed E-state index contributed by atoms with van der Waals surface area (Å²) < 4.78 is 9.27. The summed E-state index contributed by atoms with van der Waals surface area (Å²) in [6, 6.07) is 0. The highest BCUT2D eigenvalue weighted by Crippen LogP contribution is 2.06. The molecule has 0 amide bonds. The minimum atomic E-state index is -1.02. The molecule has 7 nitrogen and oxygen atoms in total. The third kappa shape index (κ3) is 12.5. The number of ether oxygens (including phenoxy) is 2. The Bertz CT molecular complexity index is 470. The van der Waals surface area contributed by atoms with Crippen LogP contribution in [0.2, 0.25) is 0 Å². The van der Waals surface area contributed by atoms with Crippen molar-refractivity contribution in [3.05, 3.63) is 0 Å². The van der Waals surface area contributed by atoms with Crippen LogP contribution in [0.15, 0.2) is 4.99 Å². The lowest BCUT2D eigenvalue weighted by Gasteiger charge is -2.06. The van der Waals surface area contributed by atoms with E-state index in [-0.39, 0.29) is 18.7 Å². The molecule has 0 atom stereocenters. The number of carbonyl (C=O) groups excluding carboxylic acids is 4. The molecule has 0 rings (SSSR count). The predicted molar refractivity (Wildman–Crippen MR) is 88.5 cm³/mol. The first-order valence-electron chi connectivity index (χ1n) is 8.34. The van der Waals surface area contributed by atoms with E-state index in [9.17, 15) is 19.2 Å². The zero-order chi connectivity index (χ0) is 18.4. The van der Waals surface area contributed by atoms with Gasteiger partial charge in [-0.05, 0) is 6.42 Å². The van der Waals surface area contributed by atoms with Gasteiger partial charge in [-0.15, -0.1) is 0 Å². The minimum absolute atomic E-state index is 0.000960. The van der Waals surface area contributed by atoms with Gasteiger partial charge in [0.1, 0.15) is 0 Å². The van der Waals surface area contributed by atoms with Crippen molar-refractivity contribution in [1.82, 2.24) is 0 Å². The van der Waals surface area contributed by atoms with Gasteiger partial charge in [0.2, 0.25) is 5.78 Å². The number of Topliss-reactive ketones (excluding diaryl/α,β-unsaturated/α-hetero) is 1. The van der Waals surface area contributed by atoms with Gasteiger partial charge in [0, 0.05) is 26.8 Å². The summed E-state index contributed by atoms with van der Waals surface area (Å²) in [4.78, 5) is 48.5. The second kappa shape index (κ2) is 13.4. The fourth-order valence-corrected chi connectivity index (χ4v) is 1.86. The normalized spacial score (nSPS) is 11.0. The number of carbonyl (C=O) groups is 4. The van der Waals surface area contributed by atoms with Crippen molar-refractivity contribution in [3.63, 3.8) is 0 Å². The van der Waals surface area contributed by atoms with Crippen molar-refractivity contribution in [1.29, 1.82) is 0 Å². The molecule has 0 saturated carbocycles. The van der Waals surface area contributed by atoms with E-state index in [1.807, 2.05) is 0 Å². The molecule has 0 N–H and O–H groups in total. The Kier molecular flexibility index (Phi) is 12.3. The molecule has 7 heteroatoms. The Hall–Kier alpha value is -2.05. The molecule has 0 radical (unpaired) electrons. The fourth-order valence-electron chi connectivity index (χ4n) is 1.86. The molecular formula is C17H27NO6. The Morgan fingerprint density at radius 1 is 0.833 bits per heavy atom. The van der Waals surface area contributed by atoms with Gasteiger partial charge in [-0.2, -0.15) is 0 Å². The van der Waals surface area contributed by atoms with Crippen LogP contribution in [0.4, 0.5) is 0 Å². The lowest BCUT2D eigenvalue weighted by Crippen LogP contribution is -2.20. The van der Waals surface area contributed by atoms with Crippen molar-refractivity contribution in [2.75, 3.05) is 6.54 Å². The van der Waals surface area contributed by atoms with Crippen molar-refractivity contribution in [3.8, 4) is 0 Å². The largest absolute Gasteiger partial charge is 0.406 e. The first kappa shape index (κ1) is 21.9. The smallest absolute Gasteiger partial charge is 0.380 e. The van der Waals surface area contributed by atoms with Gasteiger partial charge in [-0.3, -0.25) is 19.4 Å². The number of unbranched alkanes of at least 4 members (excludes halogenated alkanes) is 5. The zero-order valence-corrected chi connectivity index (χ0v) is 14.8. The molecule has 0 saturated heterocycles. The van der Waals surface area contributed by atoms with Crippen LogP contribution < -0.4 is 0 Å². The van der Waals surface area contributed by atoms with Crippen molar-refractivity contribution >= 4 is 29.6 Å². The quantitative estimate of drug-likeness (QED) is 0.143. The molecule has 0 aliphatic heterocycles. The first-order chi connectivity index (χ1) is 11.4. The van der Waals surface area contributed by atoms with Gasteiger partial charge in [-0.1, -0.05) is 39.0 Å². The van der Waals surface area contributed by atoms with Crippen LogP contribution in [0.1, 0.15) is 72.1 Å². The molecular weight excluding hydrogens is 314 g/mol. The minimum Gasteiger partial charge on any atom is -0.406 e. The van der Waals surface area contributed by atoms with Crippen molar-refractivity contribution in [2.24, 2.45) is 4.99 Å². The van der Waals surface area contributed by atoms with Crippen LogP contribution in [0, 0.1) is 0 Å². The van der Waals surface area contributed by atoms with E-state index in [0.717, 1.165) is 33.1 Å². The van der Waals surface area contributed by atoms with E-state index in [2.05, 4.69) is 16.7 Å². The summed E-state index contributed by atoms with van der Waals surface area (Å²) in [6.45, 7) is 4.82. The lowest BCUT2D eigenvalue weighted by molar-refractivity contribution is -0.158. The van der Waals surface area contributed by atoms with E-state index in [1.165, 1.54) is 19.3 Å². The highest BCUT2D eigenvalue weighted by molar-refractivity contribution is 6.34. The summed E-state index contributed by atoms with van der Waals surface area (Å²) in [5.41, 5.74) is 0. The van der Waals surface area contributed by atoms with Gasteiger partial charge >= 0.3 is 17.9 Å². The SMILES string of the molecule is CCCCCCCCN=C(CCC(=O)OC(C)=O)OC(=O)C(C)=O. The summed E-state index contributed by atoms with van der Waals surface area (Å²) in [5, 5.41) is 0. The molecule has 0 fully saturated rings. The predicted octanol–water partition coefficient (Wildman–Crippen LogP) is 2.75. The number of hydrogen-bond donors (Lipinski definition) is 0. The van der Waals surface area contributed by atoms with Gasteiger partial charge in [0.05, 0.1) is 6.42 Å². The highest BCUT2D eigenvalue weighted by Gasteiger charge is 2.16. The Labute approximate surface area is 142 Å². The average Bonchev–Trinajstić information content (AvgIpc) is 2.50. The van der Waals surface area contributed by atoms with Crippen LogP contribution in [0.5, 0.6) is 0 Å². The molecule has 0 bridgehead atoms. The van der Waals surface area contributed by atoms with Crippen LogP contribution in [-0.2, 0) is 28.7 Å². The zero-order valence-electron chi connectivity index (χ0n) is 14.8. The van der Waals surface area contributed by atoms with Crippen LogP contribution >= 0.6 is 0 Å². The topological polar surface area (TPSA) is 99.1 Å². The van der Waals surface area contributed by atoms with Gasteiger partial charge in [0.15, 0.2) is 5.90 Å². The highest BCUT2D eigenvalue weighted by atomic mass is 16.6. The molecule has 24 heavy (non-hydrogen) atoms. The molecule has 0 heterocycles. The van der Waals surface area contributed by atoms with Gasteiger partial charge in [0.25, 0.3) is 0 Å². The fraction of sp³-hybridized carbons (Fsp3) is 0.706. The average molecular weight is 341 g/mol. The second-order valence-electron chi connectivity index (χ2n) is 5.45. The molecule has 0 spiro atoms. The number of esters is 3. The number of aliphatic imine (C=N–C) groups is 1. The maximum Gasteiger partial charge on any atom is 0.380 e. The van der Waals surface area contributed by atoms with E-state index in [0.29, 0.717) is 6.54 Å². The second-order valence-corrected chi connectivity index (χ2v) is 5.45. The number of rotatable bonds is 11. The summed E-state index contributed by atoms with van der Waals surface area (Å²) in [5.74, 6) is -3.17. The Morgan fingerprint density at radius 2 is 1.46 bits per heavy atom. The lowest BCUT2D eigenvalue weighted by atomic mass is 10.1. The molecule has 0 aromatic rings. The summed E-state index contributed by atoms with van der Waals surface area (Å²) >= 11 is 0. The van der Waals surface area contributed by atoms with E-state index in [1.54, 1.807) is 0 Å². The summed E-state index contributed by atoms with van der Waals surface area (Å²) in [7, 11) is 0. The maximum atomic E-state index is 11.4. The molecule has 0 aliphatic carbocycles. The first-order valence-corrected chi connectivity index (χ1v) is 8.34. The van der Waals surface area contributed by atoms with Gasteiger partial charge in [-0.25, -0.2) is 4.79 Å². The molecule has 0 aromatic carbocycles. The number of hydrogen-bond acceptors (Lipinski definition) is 7. The van der Waals surface area contributed by atoms with Crippen molar-refractivity contribution < 1.29 is 28.7 Å². The summed E-state index contributed by atoms with van der Waals surface area (Å²) in [6.07, 6.45) is 6.40.